The van der Waals surface area contributed by atoms with Crippen molar-refractivity contribution in [2.45, 2.75) is 26.0 Å². The Labute approximate surface area is 179 Å². The van der Waals surface area contributed by atoms with E-state index in [4.69, 9.17) is 9.47 Å². The molecule has 1 fully saturated rings. The minimum atomic E-state index is -0.259. The van der Waals surface area contributed by atoms with Gasteiger partial charge in [-0.25, -0.2) is 4.39 Å². The van der Waals surface area contributed by atoms with Crippen LogP contribution in [0.5, 0.6) is 11.5 Å². The number of benzene rings is 2. The Hall–Kier alpha value is -1.53. The summed E-state index contributed by atoms with van der Waals surface area (Å²) in [6.07, 6.45) is 2.47. The van der Waals surface area contributed by atoms with Crippen molar-refractivity contribution < 1.29 is 13.9 Å². The zero-order chi connectivity index (χ0) is 18.2. The third-order valence-electron chi connectivity index (χ3n) is 4.79. The van der Waals surface area contributed by atoms with Gasteiger partial charge in [0.2, 0.25) is 0 Å². The van der Waals surface area contributed by atoms with E-state index in [-0.39, 0.29) is 37.2 Å². The number of hydrogen-bond donors (Lipinski definition) is 2. The molecule has 0 saturated carbocycles. The number of rotatable bonds is 8. The number of ether oxygens (including phenoxy) is 2. The van der Waals surface area contributed by atoms with Gasteiger partial charge < -0.3 is 20.1 Å². The fraction of sp³-hybridized carbons (Fsp3) is 0.429. The lowest BCUT2D eigenvalue weighted by Gasteiger charge is -2.23. The third-order valence-corrected chi connectivity index (χ3v) is 4.79. The summed E-state index contributed by atoms with van der Waals surface area (Å²) in [6.45, 7) is 4.25. The fourth-order valence-corrected chi connectivity index (χ4v) is 3.22. The van der Waals surface area contributed by atoms with Gasteiger partial charge in [-0.3, -0.25) is 0 Å². The average Bonchev–Trinajstić information content (AvgIpc) is 2.68. The van der Waals surface area contributed by atoms with E-state index in [0.29, 0.717) is 17.1 Å². The van der Waals surface area contributed by atoms with Gasteiger partial charge in [-0.1, -0.05) is 24.3 Å². The Kier molecular flexibility index (Phi) is 11.2. The molecular weight excluding hydrogens is 402 g/mol. The lowest BCUT2D eigenvalue weighted by molar-refractivity contribution is 0.279. The molecule has 0 aromatic heterocycles. The molecule has 1 saturated heterocycles. The van der Waals surface area contributed by atoms with Crippen LogP contribution in [-0.4, -0.2) is 26.7 Å². The molecule has 1 aliphatic rings. The van der Waals surface area contributed by atoms with Crippen LogP contribution in [0.2, 0.25) is 0 Å². The maximum Gasteiger partial charge on any atom is 0.161 e. The number of hydrogen-bond acceptors (Lipinski definition) is 4. The molecule has 156 valence electrons. The molecule has 2 N–H and O–H groups in total. The second-order valence-corrected chi connectivity index (χ2v) is 6.69. The predicted octanol–water partition coefficient (Wildman–Crippen LogP) is 4.35. The van der Waals surface area contributed by atoms with Crippen LogP contribution >= 0.6 is 24.8 Å². The maximum absolute atomic E-state index is 13.7. The van der Waals surface area contributed by atoms with Crippen LogP contribution < -0.4 is 20.1 Å². The van der Waals surface area contributed by atoms with E-state index in [1.54, 1.807) is 25.3 Å². The van der Waals surface area contributed by atoms with Gasteiger partial charge in [-0.05, 0) is 62.2 Å². The van der Waals surface area contributed by atoms with Crippen molar-refractivity contribution in [2.24, 2.45) is 5.92 Å². The number of halogens is 3. The van der Waals surface area contributed by atoms with E-state index in [1.807, 2.05) is 18.2 Å². The molecule has 1 heterocycles. The zero-order valence-corrected chi connectivity index (χ0v) is 17.7. The maximum atomic E-state index is 13.7. The summed E-state index contributed by atoms with van der Waals surface area (Å²) in [5.41, 5.74) is 1.68. The number of piperidine rings is 1. The summed E-state index contributed by atoms with van der Waals surface area (Å²) in [4.78, 5) is 0. The molecule has 3 rings (SSSR count). The summed E-state index contributed by atoms with van der Waals surface area (Å²) in [6, 6.07) is 12.5. The van der Waals surface area contributed by atoms with Crippen LogP contribution in [0.1, 0.15) is 24.0 Å². The molecule has 0 spiro atoms. The lowest BCUT2D eigenvalue weighted by atomic mass is 9.98. The van der Waals surface area contributed by atoms with Gasteiger partial charge in [0.25, 0.3) is 0 Å². The highest BCUT2D eigenvalue weighted by molar-refractivity contribution is 5.85. The van der Waals surface area contributed by atoms with Crippen molar-refractivity contribution in [3.8, 4) is 11.5 Å². The van der Waals surface area contributed by atoms with E-state index in [1.165, 1.54) is 18.9 Å². The fourth-order valence-electron chi connectivity index (χ4n) is 3.22. The first-order valence-corrected chi connectivity index (χ1v) is 9.21. The minimum Gasteiger partial charge on any atom is -0.493 e. The van der Waals surface area contributed by atoms with Gasteiger partial charge in [-0.15, -0.1) is 24.8 Å². The molecule has 0 amide bonds. The second kappa shape index (κ2) is 12.8. The molecular formula is C21H29Cl2FN2O2. The largest absolute Gasteiger partial charge is 0.493 e. The Morgan fingerprint density at radius 1 is 1.07 bits per heavy atom. The van der Waals surface area contributed by atoms with Crippen molar-refractivity contribution in [3.05, 3.63) is 59.4 Å². The highest BCUT2D eigenvalue weighted by atomic mass is 35.5. The summed E-state index contributed by atoms with van der Waals surface area (Å²) in [7, 11) is 1.62. The second-order valence-electron chi connectivity index (χ2n) is 6.69. The molecule has 1 aliphatic heterocycles. The SMILES string of the molecule is COc1cc(CNCC2CCNCC2)ccc1OCc1ccccc1F.Cl.Cl. The quantitative estimate of drug-likeness (QED) is 0.653. The van der Waals surface area contributed by atoms with Crippen LogP contribution in [0.4, 0.5) is 4.39 Å². The predicted molar refractivity (Wildman–Crippen MR) is 116 cm³/mol. The van der Waals surface area contributed by atoms with E-state index < -0.39 is 0 Å². The van der Waals surface area contributed by atoms with E-state index in [2.05, 4.69) is 10.6 Å². The van der Waals surface area contributed by atoms with Gasteiger partial charge in [0.05, 0.1) is 7.11 Å². The molecule has 0 unspecified atom stereocenters. The molecule has 0 aliphatic carbocycles. The number of nitrogens with one attached hydrogen (secondary N) is 2. The highest BCUT2D eigenvalue weighted by Crippen LogP contribution is 2.29. The monoisotopic (exact) mass is 430 g/mol. The smallest absolute Gasteiger partial charge is 0.161 e. The van der Waals surface area contributed by atoms with Gasteiger partial charge in [0.1, 0.15) is 12.4 Å². The van der Waals surface area contributed by atoms with E-state index in [0.717, 1.165) is 37.7 Å². The zero-order valence-electron chi connectivity index (χ0n) is 16.1. The van der Waals surface area contributed by atoms with E-state index in [9.17, 15) is 4.39 Å². The van der Waals surface area contributed by atoms with Gasteiger partial charge in [-0.2, -0.15) is 0 Å². The topological polar surface area (TPSA) is 42.5 Å². The Morgan fingerprint density at radius 3 is 2.54 bits per heavy atom. The van der Waals surface area contributed by atoms with Crippen LogP contribution in [0.3, 0.4) is 0 Å². The first-order chi connectivity index (χ1) is 12.8. The van der Waals surface area contributed by atoms with Crippen molar-refractivity contribution in [1.29, 1.82) is 0 Å². The van der Waals surface area contributed by atoms with Gasteiger partial charge >= 0.3 is 0 Å². The van der Waals surface area contributed by atoms with Crippen LogP contribution in [0, 0.1) is 11.7 Å². The lowest BCUT2D eigenvalue weighted by Crippen LogP contribution is -2.33. The highest BCUT2D eigenvalue weighted by Gasteiger charge is 2.12. The van der Waals surface area contributed by atoms with E-state index >= 15 is 0 Å². The molecule has 0 bridgehead atoms. The first kappa shape index (κ1) is 24.5. The molecule has 0 atom stereocenters. The number of methoxy groups -OCH3 is 1. The Bertz CT molecular complexity index is 713. The molecule has 28 heavy (non-hydrogen) atoms. The summed E-state index contributed by atoms with van der Waals surface area (Å²) in [5.74, 6) is 1.78. The molecule has 7 heteroatoms. The third kappa shape index (κ3) is 7.13. The molecule has 2 aromatic carbocycles. The summed E-state index contributed by atoms with van der Waals surface area (Å²) >= 11 is 0. The van der Waals surface area contributed by atoms with Crippen LogP contribution in [0.25, 0.3) is 0 Å². The van der Waals surface area contributed by atoms with Crippen LogP contribution in [0.15, 0.2) is 42.5 Å². The summed E-state index contributed by atoms with van der Waals surface area (Å²) in [5, 5.41) is 6.92. The van der Waals surface area contributed by atoms with Crippen molar-refractivity contribution in [3.63, 3.8) is 0 Å². The normalized spacial score (nSPS) is 13.9. The minimum absolute atomic E-state index is 0. The first-order valence-electron chi connectivity index (χ1n) is 9.21. The van der Waals surface area contributed by atoms with Crippen molar-refractivity contribution in [2.75, 3.05) is 26.7 Å². The molecule has 0 radical (unpaired) electrons. The molecule has 4 nitrogen and oxygen atoms in total. The van der Waals surface area contributed by atoms with Gasteiger partial charge in [0, 0.05) is 12.1 Å². The van der Waals surface area contributed by atoms with Gasteiger partial charge in [0.15, 0.2) is 11.5 Å². The van der Waals surface area contributed by atoms with Crippen molar-refractivity contribution in [1.82, 2.24) is 10.6 Å². The Balaban J connectivity index is 0.00000196. The summed E-state index contributed by atoms with van der Waals surface area (Å²) < 4.78 is 24.9. The van der Waals surface area contributed by atoms with Crippen molar-refractivity contribution >= 4 is 24.8 Å². The Morgan fingerprint density at radius 2 is 1.82 bits per heavy atom. The molecule has 2 aromatic rings. The van der Waals surface area contributed by atoms with Crippen LogP contribution in [-0.2, 0) is 13.2 Å². The average molecular weight is 431 g/mol. The standard InChI is InChI=1S/C21H27FN2O2.2ClH/c1-25-21-12-17(14-24-13-16-8-10-23-11-9-16)6-7-20(21)26-15-18-4-2-3-5-19(18)22;;/h2-7,12,16,23-24H,8-11,13-15H2,1H3;2*1H.